The Labute approximate surface area is 136 Å². The van der Waals surface area contributed by atoms with Gasteiger partial charge in [-0.25, -0.2) is 9.37 Å². The van der Waals surface area contributed by atoms with Crippen LogP contribution >= 0.6 is 27.5 Å². The van der Waals surface area contributed by atoms with E-state index in [9.17, 15) is 4.39 Å². The van der Waals surface area contributed by atoms with Crippen molar-refractivity contribution in [1.29, 1.82) is 0 Å². The molecule has 0 amide bonds. The molecule has 6 heteroatoms. The average Bonchev–Trinajstić information content (AvgIpc) is 3.02. The van der Waals surface area contributed by atoms with E-state index in [1.165, 1.54) is 37.8 Å². The number of anilines is 2. The second-order valence-electron chi connectivity index (χ2n) is 5.42. The van der Waals surface area contributed by atoms with Crippen LogP contribution in [0.25, 0.3) is 0 Å². The topological polar surface area (TPSA) is 29.9 Å². The molecule has 1 fully saturated rings. The first-order valence-corrected chi connectivity index (χ1v) is 8.18. The molecular formula is C15H16BrClFN3. The molecule has 0 atom stereocenters. The van der Waals surface area contributed by atoms with Gasteiger partial charge in [0.15, 0.2) is 0 Å². The average molecular weight is 373 g/mol. The van der Waals surface area contributed by atoms with Crippen molar-refractivity contribution in [1.82, 2.24) is 9.55 Å². The van der Waals surface area contributed by atoms with E-state index >= 15 is 0 Å². The molecule has 0 saturated heterocycles. The zero-order valence-electron chi connectivity index (χ0n) is 11.7. The zero-order valence-corrected chi connectivity index (χ0v) is 14.0. The Balaban J connectivity index is 1.95. The standard InChI is InChI=1S/C15H16BrClFN3/c1-9-8-21(11-4-2-3-5-11)15(19-9)20-14-12(16)6-10(18)7-13(14)17/h6-8,11H,2-5H2,1H3,(H,19,20). The van der Waals surface area contributed by atoms with Crippen molar-refractivity contribution in [3.8, 4) is 0 Å². The van der Waals surface area contributed by atoms with Gasteiger partial charge in [-0.3, -0.25) is 0 Å². The molecule has 3 rings (SSSR count). The minimum atomic E-state index is -0.368. The summed E-state index contributed by atoms with van der Waals surface area (Å²) in [6, 6.07) is 3.17. The number of imidazole rings is 1. The van der Waals surface area contributed by atoms with Gasteiger partial charge in [-0.1, -0.05) is 24.4 Å². The molecule has 1 heterocycles. The van der Waals surface area contributed by atoms with Crippen molar-refractivity contribution in [2.45, 2.75) is 38.6 Å². The fourth-order valence-electron chi connectivity index (χ4n) is 2.84. The highest BCUT2D eigenvalue weighted by Crippen LogP contribution is 2.36. The third-order valence-electron chi connectivity index (χ3n) is 3.81. The highest BCUT2D eigenvalue weighted by Gasteiger charge is 2.21. The summed E-state index contributed by atoms with van der Waals surface area (Å²) in [5.74, 6) is 0.390. The number of hydrogen-bond acceptors (Lipinski definition) is 2. The van der Waals surface area contributed by atoms with Crippen molar-refractivity contribution < 1.29 is 4.39 Å². The summed E-state index contributed by atoms with van der Waals surface area (Å²) in [6.07, 6.45) is 6.90. The van der Waals surface area contributed by atoms with Crippen molar-refractivity contribution >= 4 is 39.2 Å². The molecule has 0 aliphatic heterocycles. The van der Waals surface area contributed by atoms with Crippen molar-refractivity contribution in [3.63, 3.8) is 0 Å². The van der Waals surface area contributed by atoms with E-state index in [4.69, 9.17) is 11.6 Å². The van der Waals surface area contributed by atoms with Crippen LogP contribution in [0.15, 0.2) is 22.8 Å². The molecule has 21 heavy (non-hydrogen) atoms. The second-order valence-corrected chi connectivity index (χ2v) is 6.68. The normalized spacial score (nSPS) is 15.6. The van der Waals surface area contributed by atoms with Gasteiger partial charge in [0.05, 0.1) is 16.4 Å². The van der Waals surface area contributed by atoms with Crippen LogP contribution in [0.2, 0.25) is 5.02 Å². The predicted octanol–water partition coefficient (Wildman–Crippen LogP) is 5.61. The van der Waals surface area contributed by atoms with Gasteiger partial charge in [-0.2, -0.15) is 0 Å². The van der Waals surface area contributed by atoms with Gasteiger partial charge < -0.3 is 9.88 Å². The van der Waals surface area contributed by atoms with Gasteiger partial charge >= 0.3 is 0 Å². The molecule has 112 valence electrons. The van der Waals surface area contributed by atoms with Crippen molar-refractivity contribution in [2.75, 3.05) is 5.32 Å². The first-order chi connectivity index (χ1) is 10.0. The van der Waals surface area contributed by atoms with Gasteiger partial charge in [0.2, 0.25) is 5.95 Å². The van der Waals surface area contributed by atoms with Crippen LogP contribution in [0.5, 0.6) is 0 Å². The molecular weight excluding hydrogens is 357 g/mol. The molecule has 2 aromatic rings. The van der Waals surface area contributed by atoms with E-state index in [-0.39, 0.29) is 5.82 Å². The highest BCUT2D eigenvalue weighted by atomic mass is 79.9. The Morgan fingerprint density at radius 1 is 1.38 bits per heavy atom. The number of hydrogen-bond donors (Lipinski definition) is 1. The second kappa shape index (κ2) is 5.97. The summed E-state index contributed by atoms with van der Waals surface area (Å²) >= 11 is 9.48. The Morgan fingerprint density at radius 3 is 2.76 bits per heavy atom. The largest absolute Gasteiger partial charge is 0.323 e. The molecule has 1 aromatic carbocycles. The predicted molar refractivity (Wildman–Crippen MR) is 86.9 cm³/mol. The maximum Gasteiger partial charge on any atom is 0.207 e. The van der Waals surface area contributed by atoms with Crippen LogP contribution in [-0.2, 0) is 0 Å². The third kappa shape index (κ3) is 3.09. The molecule has 0 radical (unpaired) electrons. The number of nitrogens with one attached hydrogen (secondary N) is 1. The molecule has 0 bridgehead atoms. The van der Waals surface area contributed by atoms with Crippen molar-refractivity contribution in [3.05, 3.63) is 39.3 Å². The Morgan fingerprint density at radius 2 is 2.10 bits per heavy atom. The zero-order chi connectivity index (χ0) is 15.0. The lowest BCUT2D eigenvalue weighted by Crippen LogP contribution is -2.08. The van der Waals surface area contributed by atoms with E-state index in [0.717, 1.165) is 11.6 Å². The number of rotatable bonds is 3. The molecule has 1 aromatic heterocycles. The number of benzene rings is 1. The van der Waals surface area contributed by atoms with Crippen LogP contribution in [-0.4, -0.2) is 9.55 Å². The monoisotopic (exact) mass is 371 g/mol. The summed E-state index contributed by atoms with van der Waals surface area (Å²) < 4.78 is 16.1. The lowest BCUT2D eigenvalue weighted by Gasteiger charge is -2.17. The Hall–Kier alpha value is -1.07. The van der Waals surface area contributed by atoms with Gasteiger partial charge in [0.1, 0.15) is 5.82 Å². The van der Waals surface area contributed by atoms with Crippen LogP contribution in [0, 0.1) is 12.7 Å². The quantitative estimate of drug-likeness (QED) is 0.759. The van der Waals surface area contributed by atoms with E-state index in [2.05, 4.69) is 37.0 Å². The fourth-order valence-corrected chi connectivity index (χ4v) is 3.74. The summed E-state index contributed by atoms with van der Waals surface area (Å²) in [6.45, 7) is 1.97. The maximum absolute atomic E-state index is 13.3. The Kier molecular flexibility index (Phi) is 4.22. The van der Waals surface area contributed by atoms with Crippen LogP contribution in [0.3, 0.4) is 0 Å². The van der Waals surface area contributed by atoms with Gasteiger partial charge in [-0.15, -0.1) is 0 Å². The number of halogens is 3. The maximum atomic E-state index is 13.3. The third-order valence-corrected chi connectivity index (χ3v) is 4.74. The van der Waals surface area contributed by atoms with E-state index in [1.807, 2.05) is 6.92 Å². The van der Waals surface area contributed by atoms with E-state index in [0.29, 0.717) is 21.2 Å². The number of aryl methyl sites for hydroxylation is 1. The molecule has 1 N–H and O–H groups in total. The van der Waals surface area contributed by atoms with Crippen LogP contribution in [0.4, 0.5) is 16.0 Å². The smallest absolute Gasteiger partial charge is 0.207 e. The first-order valence-electron chi connectivity index (χ1n) is 7.01. The molecule has 1 aliphatic carbocycles. The van der Waals surface area contributed by atoms with Gasteiger partial charge in [0, 0.05) is 16.7 Å². The minimum Gasteiger partial charge on any atom is -0.323 e. The SMILES string of the molecule is Cc1cn(C2CCCC2)c(Nc2c(Cl)cc(F)cc2Br)n1. The summed E-state index contributed by atoms with van der Waals surface area (Å²) in [5, 5.41) is 3.57. The molecule has 0 unspecified atom stereocenters. The van der Waals surface area contributed by atoms with Crippen molar-refractivity contribution in [2.24, 2.45) is 0 Å². The lowest BCUT2D eigenvalue weighted by atomic mass is 10.2. The minimum absolute atomic E-state index is 0.334. The highest BCUT2D eigenvalue weighted by molar-refractivity contribution is 9.10. The lowest BCUT2D eigenvalue weighted by molar-refractivity contribution is 0.524. The molecule has 1 saturated carbocycles. The first kappa shape index (κ1) is 14.9. The summed E-state index contributed by atoms with van der Waals surface area (Å²) in [7, 11) is 0. The molecule has 0 spiro atoms. The van der Waals surface area contributed by atoms with Gasteiger partial charge in [0.25, 0.3) is 0 Å². The van der Waals surface area contributed by atoms with Crippen LogP contribution in [0.1, 0.15) is 37.4 Å². The van der Waals surface area contributed by atoms with Crippen LogP contribution < -0.4 is 5.32 Å². The number of aromatic nitrogens is 2. The van der Waals surface area contributed by atoms with Gasteiger partial charge in [-0.05, 0) is 47.8 Å². The van der Waals surface area contributed by atoms with E-state index in [1.54, 1.807) is 0 Å². The summed E-state index contributed by atoms with van der Waals surface area (Å²) in [5.41, 5.74) is 1.60. The summed E-state index contributed by atoms with van der Waals surface area (Å²) in [4.78, 5) is 4.53. The fraction of sp³-hybridized carbons (Fsp3) is 0.400. The molecule has 3 nitrogen and oxygen atoms in total. The Bertz CT molecular complexity index is 642. The molecule has 1 aliphatic rings. The number of nitrogens with zero attached hydrogens (tertiary/aromatic N) is 2. The van der Waals surface area contributed by atoms with E-state index < -0.39 is 0 Å².